The zero-order chi connectivity index (χ0) is 17.9. The summed E-state index contributed by atoms with van der Waals surface area (Å²) in [6, 6.07) is 3.42. The van der Waals surface area contributed by atoms with Gasteiger partial charge >= 0.3 is 6.36 Å². The minimum atomic E-state index is -4.73. The molecule has 2 aliphatic carbocycles. The van der Waals surface area contributed by atoms with Gasteiger partial charge in [0.15, 0.2) is 11.5 Å². The van der Waals surface area contributed by atoms with Crippen molar-refractivity contribution in [2.24, 2.45) is 11.8 Å². The van der Waals surface area contributed by atoms with Crippen molar-refractivity contribution in [2.75, 3.05) is 6.61 Å². The summed E-state index contributed by atoms with van der Waals surface area (Å²) in [4.78, 5) is 0. The standard InChI is InChI=1S/C20H25F3O2/c1-14-17(10-9-15-7-4-8-15)11-12-18(19(14)25-20(21,22)23)24-13-16-5-2-3-6-16/h9-12,15-16H,2-8,13H2,1H3/b10-9+. The Morgan fingerprint density at radius 1 is 1.08 bits per heavy atom. The van der Waals surface area contributed by atoms with Crippen LogP contribution in [0.15, 0.2) is 18.2 Å². The third-order valence-electron chi connectivity index (χ3n) is 5.28. The number of rotatable bonds is 6. The van der Waals surface area contributed by atoms with Gasteiger partial charge in [-0.05, 0) is 56.1 Å². The van der Waals surface area contributed by atoms with Gasteiger partial charge in [-0.15, -0.1) is 13.2 Å². The molecular formula is C20H25F3O2. The van der Waals surface area contributed by atoms with E-state index >= 15 is 0 Å². The molecule has 0 aliphatic heterocycles. The maximum absolute atomic E-state index is 12.9. The fraction of sp³-hybridized carbons (Fsp3) is 0.600. The zero-order valence-electron chi connectivity index (χ0n) is 14.6. The van der Waals surface area contributed by atoms with Crippen LogP contribution in [0.3, 0.4) is 0 Å². The molecule has 2 nitrogen and oxygen atoms in total. The van der Waals surface area contributed by atoms with Gasteiger partial charge in [0.05, 0.1) is 6.61 Å². The predicted molar refractivity (Wildman–Crippen MR) is 91.7 cm³/mol. The largest absolute Gasteiger partial charge is 0.573 e. The lowest BCUT2D eigenvalue weighted by Crippen LogP contribution is -2.19. The number of hydrogen-bond donors (Lipinski definition) is 0. The molecular weight excluding hydrogens is 329 g/mol. The average molecular weight is 354 g/mol. The van der Waals surface area contributed by atoms with E-state index in [1.54, 1.807) is 13.0 Å². The van der Waals surface area contributed by atoms with E-state index in [9.17, 15) is 13.2 Å². The predicted octanol–water partition coefficient (Wildman–Crippen LogP) is 6.28. The number of halogens is 3. The van der Waals surface area contributed by atoms with Crippen molar-refractivity contribution in [1.29, 1.82) is 0 Å². The molecule has 1 aromatic rings. The second-order valence-corrected chi connectivity index (χ2v) is 7.17. The normalized spacial score (nSPS) is 19.4. The maximum Gasteiger partial charge on any atom is 0.573 e. The van der Waals surface area contributed by atoms with Crippen molar-refractivity contribution in [2.45, 2.75) is 58.2 Å². The molecule has 2 fully saturated rings. The molecule has 5 heteroatoms. The van der Waals surface area contributed by atoms with Crippen LogP contribution in [0.4, 0.5) is 13.2 Å². The molecule has 0 heterocycles. The number of allylic oxidation sites excluding steroid dienone is 1. The molecule has 2 saturated carbocycles. The third kappa shape index (κ3) is 4.93. The SMILES string of the molecule is Cc1c(/C=C/C2CCC2)ccc(OCC2CCCC2)c1OC(F)(F)F. The Labute approximate surface area is 147 Å². The molecule has 0 spiro atoms. The second-order valence-electron chi connectivity index (χ2n) is 7.17. The Kier molecular flexibility index (Phi) is 5.60. The number of benzene rings is 1. The van der Waals surface area contributed by atoms with E-state index in [1.165, 1.54) is 19.3 Å². The molecule has 3 rings (SSSR count). The summed E-state index contributed by atoms with van der Waals surface area (Å²) in [5.41, 5.74) is 1.22. The van der Waals surface area contributed by atoms with Gasteiger partial charge in [0, 0.05) is 5.56 Å². The fourth-order valence-electron chi connectivity index (χ4n) is 3.48. The van der Waals surface area contributed by atoms with E-state index in [0.29, 0.717) is 24.0 Å². The smallest absolute Gasteiger partial charge is 0.489 e. The lowest BCUT2D eigenvalue weighted by molar-refractivity contribution is -0.275. The minimum Gasteiger partial charge on any atom is -0.489 e. The first kappa shape index (κ1) is 18.2. The average Bonchev–Trinajstić information content (AvgIpc) is 3.00. The van der Waals surface area contributed by atoms with Crippen LogP contribution in [0, 0.1) is 18.8 Å². The molecule has 138 valence electrons. The second kappa shape index (κ2) is 7.71. The molecule has 0 atom stereocenters. The fourth-order valence-corrected chi connectivity index (χ4v) is 3.48. The Morgan fingerprint density at radius 2 is 1.80 bits per heavy atom. The summed E-state index contributed by atoms with van der Waals surface area (Å²) in [6.45, 7) is 2.11. The van der Waals surface area contributed by atoms with Gasteiger partial charge in [-0.2, -0.15) is 0 Å². The highest BCUT2D eigenvalue weighted by Crippen LogP contribution is 2.39. The van der Waals surface area contributed by atoms with Crippen molar-refractivity contribution < 1.29 is 22.6 Å². The summed E-state index contributed by atoms with van der Waals surface area (Å²) < 4.78 is 48.6. The van der Waals surface area contributed by atoms with Crippen LogP contribution in [-0.2, 0) is 0 Å². The van der Waals surface area contributed by atoms with E-state index in [1.807, 2.05) is 12.1 Å². The Hall–Kier alpha value is -1.65. The number of hydrogen-bond acceptors (Lipinski definition) is 2. The van der Waals surface area contributed by atoms with E-state index in [4.69, 9.17) is 4.74 Å². The van der Waals surface area contributed by atoms with Gasteiger partial charge < -0.3 is 9.47 Å². The first-order chi connectivity index (χ1) is 11.9. The Morgan fingerprint density at radius 3 is 2.40 bits per heavy atom. The molecule has 0 radical (unpaired) electrons. The molecule has 0 saturated heterocycles. The van der Waals surface area contributed by atoms with Crippen molar-refractivity contribution in [3.63, 3.8) is 0 Å². The molecule has 0 aromatic heterocycles. The van der Waals surface area contributed by atoms with Crippen LogP contribution in [-0.4, -0.2) is 13.0 Å². The van der Waals surface area contributed by atoms with E-state index in [0.717, 1.165) is 31.2 Å². The minimum absolute atomic E-state index is 0.183. The summed E-state index contributed by atoms with van der Waals surface area (Å²) in [6.07, 6.45) is 7.30. The Bertz CT molecular complexity index is 612. The van der Waals surface area contributed by atoms with E-state index < -0.39 is 6.36 Å². The Balaban J connectivity index is 1.79. The summed E-state index contributed by atoms with van der Waals surface area (Å²) >= 11 is 0. The molecule has 2 aliphatic rings. The molecule has 0 unspecified atom stereocenters. The van der Waals surface area contributed by atoms with E-state index in [-0.39, 0.29) is 11.5 Å². The van der Waals surface area contributed by atoms with Gasteiger partial charge in [0.1, 0.15) is 0 Å². The van der Waals surface area contributed by atoms with Crippen molar-refractivity contribution in [3.8, 4) is 11.5 Å². The quantitative estimate of drug-likeness (QED) is 0.599. The van der Waals surface area contributed by atoms with Crippen LogP contribution < -0.4 is 9.47 Å². The van der Waals surface area contributed by atoms with Crippen LogP contribution in [0.2, 0.25) is 0 Å². The first-order valence-electron chi connectivity index (χ1n) is 9.13. The number of ether oxygens (including phenoxy) is 2. The molecule has 0 amide bonds. The summed E-state index contributed by atoms with van der Waals surface area (Å²) in [5, 5.41) is 0. The molecule has 0 bridgehead atoms. The van der Waals surface area contributed by atoms with Crippen molar-refractivity contribution in [1.82, 2.24) is 0 Å². The van der Waals surface area contributed by atoms with Crippen LogP contribution in [0.5, 0.6) is 11.5 Å². The first-order valence-corrected chi connectivity index (χ1v) is 9.13. The highest BCUT2D eigenvalue weighted by atomic mass is 19.4. The molecule has 1 aromatic carbocycles. The van der Waals surface area contributed by atoms with Gasteiger partial charge in [-0.3, -0.25) is 0 Å². The summed E-state index contributed by atoms with van der Waals surface area (Å²) in [5.74, 6) is 0.950. The maximum atomic E-state index is 12.9. The highest BCUT2D eigenvalue weighted by molar-refractivity contribution is 5.62. The van der Waals surface area contributed by atoms with Gasteiger partial charge in [0.25, 0.3) is 0 Å². The molecule has 25 heavy (non-hydrogen) atoms. The lowest BCUT2D eigenvalue weighted by Gasteiger charge is -2.22. The number of alkyl halides is 3. The van der Waals surface area contributed by atoms with Gasteiger partial charge in [-0.25, -0.2) is 0 Å². The van der Waals surface area contributed by atoms with Crippen LogP contribution in [0.1, 0.15) is 56.1 Å². The highest BCUT2D eigenvalue weighted by Gasteiger charge is 2.34. The van der Waals surface area contributed by atoms with Crippen LogP contribution in [0.25, 0.3) is 6.08 Å². The topological polar surface area (TPSA) is 18.5 Å². The van der Waals surface area contributed by atoms with Crippen molar-refractivity contribution >= 4 is 6.08 Å². The third-order valence-corrected chi connectivity index (χ3v) is 5.28. The van der Waals surface area contributed by atoms with Crippen molar-refractivity contribution in [3.05, 3.63) is 29.3 Å². The zero-order valence-corrected chi connectivity index (χ0v) is 14.6. The summed E-state index contributed by atoms with van der Waals surface area (Å²) in [7, 11) is 0. The van der Waals surface area contributed by atoms with E-state index in [2.05, 4.69) is 10.8 Å². The van der Waals surface area contributed by atoms with Gasteiger partial charge in [0.2, 0.25) is 0 Å². The van der Waals surface area contributed by atoms with Gasteiger partial charge in [-0.1, -0.05) is 37.5 Å². The molecule has 0 N–H and O–H groups in total. The lowest BCUT2D eigenvalue weighted by atomic mass is 9.85. The monoisotopic (exact) mass is 354 g/mol. The van der Waals surface area contributed by atoms with Crippen LogP contribution >= 0.6 is 0 Å².